The number of fused-ring (bicyclic) bond motifs is 1. The Kier molecular flexibility index (Phi) is 6.04. The van der Waals surface area contributed by atoms with Crippen LogP contribution in [0.2, 0.25) is 10.0 Å². The second-order valence-corrected chi connectivity index (χ2v) is 8.05. The van der Waals surface area contributed by atoms with Gasteiger partial charge in [-0.2, -0.15) is 39.5 Å². The smallest absolute Gasteiger partial charge is 0.294 e. The van der Waals surface area contributed by atoms with Crippen LogP contribution in [-0.4, -0.2) is 29.7 Å². The summed E-state index contributed by atoms with van der Waals surface area (Å²) in [6.07, 6.45) is -8.14. The lowest BCUT2D eigenvalue weighted by Gasteiger charge is -2.40. The molecule has 0 amide bonds. The lowest BCUT2D eigenvalue weighted by molar-refractivity contribution is -0.400. The second-order valence-electron chi connectivity index (χ2n) is 7.24. The fourth-order valence-electron chi connectivity index (χ4n) is 3.65. The van der Waals surface area contributed by atoms with Gasteiger partial charge in [0.25, 0.3) is 0 Å². The SMILES string of the molecule is O=C1c2ccccc2C(c2ccc(Cl)c(Cl)c2)CC1C(F)(F)C(F)(F)C(F)(F)C(F)(F)F. The van der Waals surface area contributed by atoms with Crippen molar-refractivity contribution in [3.05, 3.63) is 69.2 Å². The van der Waals surface area contributed by atoms with Crippen LogP contribution in [0, 0.1) is 5.92 Å². The van der Waals surface area contributed by atoms with Crippen molar-refractivity contribution in [2.24, 2.45) is 5.92 Å². The molecule has 1 aliphatic rings. The number of ketones is 1. The molecule has 0 aliphatic heterocycles. The first-order valence-electron chi connectivity index (χ1n) is 8.82. The van der Waals surface area contributed by atoms with E-state index < -0.39 is 53.5 Å². The number of carbonyl (C=O) groups excluding carboxylic acids is 1. The van der Waals surface area contributed by atoms with Gasteiger partial charge in [-0.3, -0.25) is 4.79 Å². The first-order chi connectivity index (χ1) is 14.5. The van der Waals surface area contributed by atoms with Crippen molar-refractivity contribution in [1.29, 1.82) is 0 Å². The van der Waals surface area contributed by atoms with E-state index in [9.17, 15) is 44.3 Å². The van der Waals surface area contributed by atoms with E-state index in [-0.39, 0.29) is 21.2 Å². The summed E-state index contributed by atoms with van der Waals surface area (Å²) in [4.78, 5) is 12.6. The number of hydrogen-bond donors (Lipinski definition) is 0. The number of hydrogen-bond acceptors (Lipinski definition) is 1. The first kappa shape index (κ1) is 24.7. The van der Waals surface area contributed by atoms with Gasteiger partial charge in [0.2, 0.25) is 0 Å². The van der Waals surface area contributed by atoms with Gasteiger partial charge in [-0.15, -0.1) is 0 Å². The van der Waals surface area contributed by atoms with Gasteiger partial charge >= 0.3 is 23.9 Å². The fourth-order valence-corrected chi connectivity index (χ4v) is 3.95. The number of carbonyl (C=O) groups is 1. The van der Waals surface area contributed by atoms with E-state index in [1.165, 1.54) is 36.4 Å². The molecule has 0 saturated carbocycles. The summed E-state index contributed by atoms with van der Waals surface area (Å²) in [5.74, 6) is -26.1. The molecule has 0 spiro atoms. The molecule has 174 valence electrons. The average Bonchev–Trinajstić information content (AvgIpc) is 2.69. The maximum atomic E-state index is 14.7. The highest BCUT2D eigenvalue weighted by Crippen LogP contribution is 2.58. The molecule has 2 aromatic rings. The number of alkyl halides is 9. The third-order valence-corrected chi connectivity index (χ3v) is 6.08. The first-order valence-corrected chi connectivity index (χ1v) is 9.58. The van der Waals surface area contributed by atoms with Crippen LogP contribution < -0.4 is 0 Å². The third kappa shape index (κ3) is 3.65. The predicted molar refractivity (Wildman–Crippen MR) is 98.1 cm³/mol. The minimum atomic E-state index is -7.08. The van der Waals surface area contributed by atoms with Crippen molar-refractivity contribution in [3.8, 4) is 0 Å². The van der Waals surface area contributed by atoms with E-state index in [1.54, 1.807) is 0 Å². The standard InChI is InChI=1S/C20H11Cl2F9O/c21-14-6-5-9(7-15(14)22)12-8-13(16(32)11-4-2-1-3-10(11)12)17(23,24)18(25,26)19(27,28)20(29,30)31/h1-7,12-13H,8H2. The Balaban J connectivity index is 2.15. The van der Waals surface area contributed by atoms with Gasteiger partial charge in [0.05, 0.1) is 16.0 Å². The topological polar surface area (TPSA) is 17.1 Å². The van der Waals surface area contributed by atoms with Crippen LogP contribution in [0.3, 0.4) is 0 Å². The molecular weight excluding hydrogens is 498 g/mol. The fraction of sp³-hybridized carbons (Fsp3) is 0.350. The highest BCUT2D eigenvalue weighted by atomic mass is 35.5. The van der Waals surface area contributed by atoms with Gasteiger partial charge in [-0.1, -0.05) is 53.5 Å². The number of rotatable bonds is 4. The summed E-state index contributed by atoms with van der Waals surface area (Å²) >= 11 is 11.7. The molecule has 0 fully saturated rings. The minimum Gasteiger partial charge on any atom is -0.294 e. The van der Waals surface area contributed by atoms with Crippen LogP contribution in [0.5, 0.6) is 0 Å². The monoisotopic (exact) mass is 508 g/mol. The van der Waals surface area contributed by atoms with E-state index in [1.807, 2.05) is 0 Å². The number of Topliss-reactive ketones (excluding diaryl/α,β-unsaturated/α-hetero) is 1. The summed E-state index contributed by atoms with van der Waals surface area (Å²) in [6.45, 7) is 0. The molecule has 3 rings (SSSR count). The van der Waals surface area contributed by atoms with Crippen LogP contribution in [0.4, 0.5) is 39.5 Å². The van der Waals surface area contributed by atoms with Crippen LogP contribution in [0.25, 0.3) is 0 Å². The number of halogens is 11. The molecule has 2 atom stereocenters. The zero-order valence-electron chi connectivity index (χ0n) is 15.5. The van der Waals surface area contributed by atoms with Gasteiger partial charge in [0.1, 0.15) is 0 Å². The molecule has 0 aromatic heterocycles. The van der Waals surface area contributed by atoms with Crippen molar-refractivity contribution >= 4 is 29.0 Å². The molecule has 0 heterocycles. The van der Waals surface area contributed by atoms with Gasteiger partial charge in [-0.05, 0) is 29.7 Å². The molecular formula is C20H11Cl2F9O. The van der Waals surface area contributed by atoms with E-state index in [0.29, 0.717) is 0 Å². The summed E-state index contributed by atoms with van der Waals surface area (Å²) in [5.41, 5.74) is -0.259. The normalized spacial score (nSPS) is 20.3. The zero-order valence-corrected chi connectivity index (χ0v) is 17.0. The van der Waals surface area contributed by atoms with Gasteiger partial charge in [0.15, 0.2) is 5.78 Å². The minimum absolute atomic E-state index is 0.0456. The van der Waals surface area contributed by atoms with Crippen molar-refractivity contribution in [1.82, 2.24) is 0 Å². The van der Waals surface area contributed by atoms with Crippen LogP contribution in [0.1, 0.15) is 33.8 Å². The Labute approximate surface area is 185 Å². The number of benzene rings is 2. The molecule has 2 unspecified atom stereocenters. The highest BCUT2D eigenvalue weighted by molar-refractivity contribution is 6.42. The van der Waals surface area contributed by atoms with Gasteiger partial charge in [-0.25, -0.2) is 0 Å². The zero-order chi connectivity index (χ0) is 24.3. The molecule has 12 heteroatoms. The average molecular weight is 509 g/mol. The van der Waals surface area contributed by atoms with Crippen molar-refractivity contribution < 1.29 is 44.3 Å². The van der Waals surface area contributed by atoms with E-state index in [0.717, 1.165) is 6.07 Å². The Morgan fingerprint density at radius 3 is 1.94 bits per heavy atom. The predicted octanol–water partition coefficient (Wildman–Crippen LogP) is 7.80. The van der Waals surface area contributed by atoms with Gasteiger partial charge < -0.3 is 0 Å². The van der Waals surface area contributed by atoms with Gasteiger partial charge in [0, 0.05) is 11.5 Å². The Morgan fingerprint density at radius 1 is 0.781 bits per heavy atom. The van der Waals surface area contributed by atoms with Crippen LogP contribution in [0.15, 0.2) is 42.5 Å². The Morgan fingerprint density at radius 2 is 1.38 bits per heavy atom. The summed E-state index contributed by atoms with van der Waals surface area (Å²) in [7, 11) is 0. The van der Waals surface area contributed by atoms with E-state index in [2.05, 4.69) is 0 Å². The maximum absolute atomic E-state index is 14.7. The van der Waals surface area contributed by atoms with Crippen molar-refractivity contribution in [3.63, 3.8) is 0 Å². The van der Waals surface area contributed by atoms with Crippen LogP contribution in [-0.2, 0) is 0 Å². The lowest BCUT2D eigenvalue weighted by Crippen LogP contribution is -2.64. The maximum Gasteiger partial charge on any atom is 0.460 e. The molecule has 32 heavy (non-hydrogen) atoms. The summed E-state index contributed by atoms with van der Waals surface area (Å²) in [5, 5.41) is 0.0182. The Hall–Kier alpha value is -1.94. The quantitative estimate of drug-likeness (QED) is 0.385. The summed E-state index contributed by atoms with van der Waals surface area (Å²) in [6, 6.07) is 8.73. The molecule has 1 nitrogen and oxygen atoms in total. The molecule has 0 N–H and O–H groups in total. The molecule has 0 bridgehead atoms. The highest BCUT2D eigenvalue weighted by Gasteiger charge is 2.83. The summed E-state index contributed by atoms with van der Waals surface area (Å²) < 4.78 is 122. The second kappa shape index (κ2) is 7.83. The van der Waals surface area contributed by atoms with Crippen molar-refractivity contribution in [2.45, 2.75) is 36.3 Å². The molecule has 1 aliphatic carbocycles. The van der Waals surface area contributed by atoms with E-state index >= 15 is 0 Å². The molecule has 2 aromatic carbocycles. The third-order valence-electron chi connectivity index (χ3n) is 5.34. The lowest BCUT2D eigenvalue weighted by atomic mass is 9.70. The Bertz CT molecular complexity index is 1050. The molecule has 0 saturated heterocycles. The molecule has 0 radical (unpaired) electrons. The largest absolute Gasteiger partial charge is 0.460 e. The van der Waals surface area contributed by atoms with Crippen LogP contribution >= 0.6 is 23.2 Å². The van der Waals surface area contributed by atoms with Crippen molar-refractivity contribution in [2.75, 3.05) is 0 Å². The van der Waals surface area contributed by atoms with E-state index in [4.69, 9.17) is 23.2 Å².